The third-order valence-electron chi connectivity index (χ3n) is 1.18. The zero-order chi connectivity index (χ0) is 9.40. The van der Waals surface area contributed by atoms with Crippen LogP contribution in [-0.4, -0.2) is 55.0 Å². The molecule has 0 aromatic carbocycles. The molecule has 0 unspecified atom stereocenters. The van der Waals surface area contributed by atoms with Gasteiger partial charge in [0.15, 0.2) is 6.79 Å². The van der Waals surface area contributed by atoms with E-state index in [1.54, 1.807) is 0 Å². The van der Waals surface area contributed by atoms with Gasteiger partial charge in [-0.05, 0) is 0 Å². The van der Waals surface area contributed by atoms with Crippen LogP contribution in [0.3, 0.4) is 0 Å². The fourth-order valence-electron chi connectivity index (χ4n) is 0.568. The third-order valence-corrected chi connectivity index (χ3v) is 1.18. The van der Waals surface area contributed by atoms with Crippen LogP contribution >= 0.6 is 0 Å². The van der Waals surface area contributed by atoms with Crippen LogP contribution in [0.15, 0.2) is 0 Å². The van der Waals surface area contributed by atoms with Gasteiger partial charge in [0.1, 0.15) is 6.73 Å². The molecular weight excluding hydrogens is 166 g/mol. The van der Waals surface area contributed by atoms with Crippen molar-refractivity contribution >= 4 is 6.09 Å². The van der Waals surface area contributed by atoms with Gasteiger partial charge in [0.05, 0.1) is 6.61 Å². The first-order valence-corrected chi connectivity index (χ1v) is 3.38. The first kappa shape index (κ1) is 11.2. The second-order valence-corrected chi connectivity index (χ2v) is 1.94. The van der Waals surface area contributed by atoms with Gasteiger partial charge in [0.2, 0.25) is 0 Å². The Morgan fingerprint density at radius 2 is 2.17 bits per heavy atom. The molecule has 0 fully saturated rings. The summed E-state index contributed by atoms with van der Waals surface area (Å²) in [6, 6.07) is 0. The number of rotatable bonds is 5. The van der Waals surface area contributed by atoms with Crippen LogP contribution in [0.1, 0.15) is 0 Å². The van der Waals surface area contributed by atoms with Crippen LogP contribution in [0.25, 0.3) is 0 Å². The summed E-state index contributed by atoms with van der Waals surface area (Å²) in [7, 11) is 1.48. The summed E-state index contributed by atoms with van der Waals surface area (Å²) >= 11 is 0. The lowest BCUT2D eigenvalue weighted by Crippen LogP contribution is -2.35. The van der Waals surface area contributed by atoms with Crippen molar-refractivity contribution in [3.63, 3.8) is 0 Å². The van der Waals surface area contributed by atoms with Gasteiger partial charge in [-0.1, -0.05) is 0 Å². The number of hydrogen-bond donors (Lipinski definition) is 2. The molecule has 0 aliphatic heterocycles. The number of carbonyl (C=O) groups is 1. The Balaban J connectivity index is 3.71. The molecule has 0 bridgehead atoms. The summed E-state index contributed by atoms with van der Waals surface area (Å²) in [6.07, 6.45) is -0.767. The number of nitrogens with zero attached hydrogens (tertiary/aromatic N) is 1. The molecule has 0 aliphatic carbocycles. The lowest BCUT2D eigenvalue weighted by molar-refractivity contribution is 0.000752. The molecule has 0 aromatic rings. The Morgan fingerprint density at radius 1 is 1.50 bits per heavy atom. The highest BCUT2D eigenvalue weighted by Gasteiger charge is 2.12. The molecule has 0 heterocycles. The van der Waals surface area contributed by atoms with Crippen LogP contribution in [0.4, 0.5) is 4.79 Å². The minimum absolute atomic E-state index is 0.228. The minimum Gasteiger partial charge on any atom is -0.422 e. The van der Waals surface area contributed by atoms with Gasteiger partial charge in [-0.25, -0.2) is 4.79 Å². The number of hydrogen-bond acceptors (Lipinski definition) is 5. The molecule has 0 atom stereocenters. The van der Waals surface area contributed by atoms with Crippen LogP contribution in [0.5, 0.6) is 0 Å². The van der Waals surface area contributed by atoms with E-state index in [4.69, 9.17) is 10.2 Å². The summed E-state index contributed by atoms with van der Waals surface area (Å²) in [6.45, 7) is -0.614. The van der Waals surface area contributed by atoms with Gasteiger partial charge in [0, 0.05) is 13.7 Å². The Bertz CT molecular complexity index is 129. The van der Waals surface area contributed by atoms with Gasteiger partial charge in [-0.3, -0.25) is 4.90 Å². The first-order valence-electron chi connectivity index (χ1n) is 3.38. The number of methoxy groups -OCH3 is 1. The molecule has 6 heteroatoms. The molecule has 0 spiro atoms. The van der Waals surface area contributed by atoms with Gasteiger partial charge >= 0.3 is 6.09 Å². The van der Waals surface area contributed by atoms with E-state index in [0.717, 1.165) is 4.90 Å². The van der Waals surface area contributed by atoms with Crippen molar-refractivity contribution in [1.29, 1.82) is 0 Å². The minimum atomic E-state index is -0.767. The number of aliphatic hydroxyl groups excluding tert-OH is 2. The Kier molecular flexibility index (Phi) is 6.35. The smallest absolute Gasteiger partial charge is 0.413 e. The first-order chi connectivity index (χ1) is 5.76. The zero-order valence-corrected chi connectivity index (χ0v) is 6.89. The number of ether oxygens (including phenoxy) is 2. The van der Waals surface area contributed by atoms with Gasteiger partial charge < -0.3 is 19.7 Å². The Morgan fingerprint density at radius 3 is 2.58 bits per heavy atom. The topological polar surface area (TPSA) is 79.2 Å². The van der Waals surface area contributed by atoms with Crippen LogP contribution in [0, 0.1) is 0 Å². The summed E-state index contributed by atoms with van der Waals surface area (Å²) < 4.78 is 8.90. The maximum absolute atomic E-state index is 10.8. The highest BCUT2D eigenvalue weighted by Crippen LogP contribution is 1.91. The lowest BCUT2D eigenvalue weighted by Gasteiger charge is -2.17. The third kappa shape index (κ3) is 4.12. The number of amides is 1. The summed E-state index contributed by atoms with van der Waals surface area (Å²) in [5.74, 6) is 0. The van der Waals surface area contributed by atoms with E-state index < -0.39 is 19.6 Å². The van der Waals surface area contributed by atoms with Crippen LogP contribution in [-0.2, 0) is 9.47 Å². The van der Waals surface area contributed by atoms with E-state index >= 15 is 0 Å². The molecule has 12 heavy (non-hydrogen) atoms. The van der Waals surface area contributed by atoms with Crippen molar-refractivity contribution in [3.8, 4) is 0 Å². The second-order valence-electron chi connectivity index (χ2n) is 1.94. The highest BCUT2D eigenvalue weighted by atomic mass is 16.6. The average Bonchev–Trinajstić information content (AvgIpc) is 2.06. The van der Waals surface area contributed by atoms with Crippen molar-refractivity contribution in [2.24, 2.45) is 0 Å². The van der Waals surface area contributed by atoms with Crippen LogP contribution in [0.2, 0.25) is 0 Å². The average molecular weight is 179 g/mol. The van der Waals surface area contributed by atoms with Crippen molar-refractivity contribution < 1.29 is 24.5 Å². The van der Waals surface area contributed by atoms with Crippen molar-refractivity contribution in [2.45, 2.75) is 0 Å². The normalized spacial score (nSPS) is 9.58. The summed E-state index contributed by atoms with van der Waals surface area (Å²) in [4.78, 5) is 11.8. The van der Waals surface area contributed by atoms with Gasteiger partial charge in [0.25, 0.3) is 0 Å². The standard InChI is InChI=1S/C6H13NO5/c1-11-3-2-7(4-8)6(10)12-5-9/h8-9H,2-5H2,1H3. The molecule has 0 aromatic heterocycles. The quantitative estimate of drug-likeness (QED) is 0.527. The summed E-state index contributed by atoms with van der Waals surface area (Å²) in [5.41, 5.74) is 0. The maximum Gasteiger partial charge on any atom is 0.413 e. The fourth-order valence-corrected chi connectivity index (χ4v) is 0.568. The second kappa shape index (κ2) is 6.84. The van der Waals surface area contributed by atoms with Gasteiger partial charge in [-0.15, -0.1) is 0 Å². The van der Waals surface area contributed by atoms with Crippen molar-refractivity contribution in [1.82, 2.24) is 4.90 Å². The van der Waals surface area contributed by atoms with E-state index in [1.165, 1.54) is 7.11 Å². The molecular formula is C6H13NO5. The molecule has 0 aliphatic rings. The van der Waals surface area contributed by atoms with Crippen LogP contribution < -0.4 is 0 Å². The van der Waals surface area contributed by atoms with E-state index in [1.807, 2.05) is 0 Å². The molecule has 0 rings (SSSR count). The fraction of sp³-hybridized carbons (Fsp3) is 0.833. The largest absolute Gasteiger partial charge is 0.422 e. The number of aliphatic hydroxyl groups is 2. The molecule has 0 saturated carbocycles. The van der Waals surface area contributed by atoms with Crippen molar-refractivity contribution in [2.75, 3.05) is 33.8 Å². The van der Waals surface area contributed by atoms with Crippen molar-refractivity contribution in [3.05, 3.63) is 0 Å². The molecule has 0 radical (unpaired) electrons. The van der Waals surface area contributed by atoms with Gasteiger partial charge in [-0.2, -0.15) is 0 Å². The zero-order valence-electron chi connectivity index (χ0n) is 6.89. The predicted molar refractivity (Wildman–Crippen MR) is 39.2 cm³/mol. The maximum atomic E-state index is 10.8. The molecule has 6 nitrogen and oxygen atoms in total. The lowest BCUT2D eigenvalue weighted by atomic mass is 10.6. The van der Waals surface area contributed by atoms with E-state index in [9.17, 15) is 4.79 Å². The molecule has 1 amide bonds. The highest BCUT2D eigenvalue weighted by molar-refractivity contribution is 5.67. The monoisotopic (exact) mass is 179 g/mol. The van der Waals surface area contributed by atoms with E-state index in [2.05, 4.69) is 9.47 Å². The molecule has 72 valence electrons. The Labute approximate surface area is 70.3 Å². The number of carbonyl (C=O) groups excluding carboxylic acids is 1. The molecule has 0 saturated heterocycles. The van der Waals surface area contributed by atoms with E-state index in [-0.39, 0.29) is 6.54 Å². The SMILES string of the molecule is COCCN(CO)C(=O)OCO. The molecule has 2 N–H and O–H groups in total. The Hall–Kier alpha value is -0.850. The van der Waals surface area contributed by atoms with E-state index in [0.29, 0.717) is 6.61 Å². The predicted octanol–water partition coefficient (Wildman–Crippen LogP) is -1.03. The summed E-state index contributed by atoms with van der Waals surface area (Å²) in [5, 5.41) is 16.9.